The van der Waals surface area contributed by atoms with E-state index < -0.39 is 11.7 Å². The van der Waals surface area contributed by atoms with E-state index in [4.69, 9.17) is 5.73 Å². The summed E-state index contributed by atoms with van der Waals surface area (Å²) in [6.45, 7) is 3.37. The van der Waals surface area contributed by atoms with E-state index in [9.17, 15) is 14.0 Å². The summed E-state index contributed by atoms with van der Waals surface area (Å²) in [6.07, 6.45) is 1.22. The molecule has 0 saturated carbocycles. The first-order valence-electron chi connectivity index (χ1n) is 5.39. The number of amides is 2. The van der Waals surface area contributed by atoms with Crippen LogP contribution >= 0.6 is 0 Å². The predicted molar refractivity (Wildman–Crippen MR) is 64.2 cm³/mol. The van der Waals surface area contributed by atoms with E-state index in [1.54, 1.807) is 13.8 Å². The molecule has 0 spiro atoms. The van der Waals surface area contributed by atoms with Crippen molar-refractivity contribution in [2.75, 3.05) is 12.3 Å². The molecule has 1 aromatic heterocycles. The zero-order valence-corrected chi connectivity index (χ0v) is 10.2. The predicted octanol–water partition coefficient (Wildman–Crippen LogP) is 0.0573. The fourth-order valence-corrected chi connectivity index (χ4v) is 1.26. The molecule has 1 heterocycles. The first kappa shape index (κ1) is 13.9. The maximum absolute atomic E-state index is 13.4. The van der Waals surface area contributed by atoms with Crippen LogP contribution in [0.15, 0.2) is 12.3 Å². The number of nitrogens with zero attached hydrogens (tertiary/aromatic N) is 1. The summed E-state index contributed by atoms with van der Waals surface area (Å²) in [5.74, 6) is -2.30. The van der Waals surface area contributed by atoms with Gasteiger partial charge in [-0.25, -0.2) is 9.37 Å². The molecule has 0 radical (unpaired) electrons. The maximum Gasteiger partial charge on any atom is 0.254 e. The van der Waals surface area contributed by atoms with Crippen LogP contribution in [0.5, 0.6) is 0 Å². The van der Waals surface area contributed by atoms with Crippen LogP contribution in [0.25, 0.3) is 0 Å². The maximum atomic E-state index is 13.4. The standard InChI is InChI=1S/C11H15FN4O2/c1-6(2)16-8(17)5-15-11(18)7-3-4-14-10(13)9(7)12/h3-4,6H,5H2,1-2H3,(H2,13,14)(H,15,18)(H,16,17). The zero-order chi connectivity index (χ0) is 13.7. The molecule has 7 heteroatoms. The summed E-state index contributed by atoms with van der Waals surface area (Å²) in [5, 5.41) is 4.89. The van der Waals surface area contributed by atoms with Gasteiger partial charge in [0.25, 0.3) is 5.91 Å². The third-order valence-corrected chi connectivity index (χ3v) is 2.02. The smallest absolute Gasteiger partial charge is 0.254 e. The highest BCUT2D eigenvalue weighted by molar-refractivity contribution is 5.97. The van der Waals surface area contributed by atoms with E-state index in [0.717, 1.165) is 0 Å². The first-order valence-corrected chi connectivity index (χ1v) is 5.39. The lowest BCUT2D eigenvalue weighted by Gasteiger charge is -2.09. The summed E-state index contributed by atoms with van der Waals surface area (Å²) >= 11 is 0. The van der Waals surface area contributed by atoms with Crippen molar-refractivity contribution in [3.05, 3.63) is 23.6 Å². The molecule has 0 aliphatic heterocycles. The van der Waals surface area contributed by atoms with Gasteiger partial charge in [0, 0.05) is 12.2 Å². The number of nitrogens with two attached hydrogens (primary N) is 1. The Kier molecular flexibility index (Phi) is 4.59. The average molecular weight is 254 g/mol. The van der Waals surface area contributed by atoms with Crippen LogP contribution in [0.3, 0.4) is 0 Å². The molecule has 2 amide bonds. The zero-order valence-electron chi connectivity index (χ0n) is 10.2. The number of nitrogen functional groups attached to an aromatic ring is 1. The van der Waals surface area contributed by atoms with Gasteiger partial charge < -0.3 is 16.4 Å². The van der Waals surface area contributed by atoms with E-state index in [1.807, 2.05) is 0 Å². The minimum atomic E-state index is -0.890. The van der Waals surface area contributed by atoms with Gasteiger partial charge >= 0.3 is 0 Å². The number of hydrogen-bond donors (Lipinski definition) is 3. The summed E-state index contributed by atoms with van der Waals surface area (Å²) in [5.41, 5.74) is 5.00. The van der Waals surface area contributed by atoms with Crippen LogP contribution in [0.4, 0.5) is 10.2 Å². The van der Waals surface area contributed by atoms with Gasteiger partial charge in [0.1, 0.15) is 0 Å². The minimum absolute atomic E-state index is 0.0253. The highest BCUT2D eigenvalue weighted by Crippen LogP contribution is 2.11. The first-order chi connectivity index (χ1) is 8.41. The molecule has 0 atom stereocenters. The van der Waals surface area contributed by atoms with Gasteiger partial charge in [-0.05, 0) is 19.9 Å². The molecule has 1 aromatic rings. The Hall–Kier alpha value is -2.18. The highest BCUT2D eigenvalue weighted by atomic mass is 19.1. The molecular formula is C11H15FN4O2. The van der Waals surface area contributed by atoms with Crippen LogP contribution in [-0.2, 0) is 4.79 Å². The van der Waals surface area contributed by atoms with Crippen molar-refractivity contribution in [3.63, 3.8) is 0 Å². The molecule has 18 heavy (non-hydrogen) atoms. The summed E-state index contributed by atoms with van der Waals surface area (Å²) in [4.78, 5) is 26.4. The van der Waals surface area contributed by atoms with Crippen molar-refractivity contribution in [3.8, 4) is 0 Å². The molecule has 0 saturated heterocycles. The van der Waals surface area contributed by atoms with E-state index in [-0.39, 0.29) is 29.9 Å². The van der Waals surface area contributed by atoms with Gasteiger partial charge in [0.05, 0.1) is 12.1 Å². The number of carbonyl (C=O) groups is 2. The third kappa shape index (κ3) is 3.69. The van der Waals surface area contributed by atoms with Gasteiger partial charge in [-0.1, -0.05) is 0 Å². The topological polar surface area (TPSA) is 97.1 Å². The van der Waals surface area contributed by atoms with Crippen molar-refractivity contribution >= 4 is 17.6 Å². The quantitative estimate of drug-likeness (QED) is 0.707. The molecule has 0 aliphatic carbocycles. The van der Waals surface area contributed by atoms with Crippen molar-refractivity contribution in [1.82, 2.24) is 15.6 Å². The number of aromatic nitrogens is 1. The molecule has 0 fully saturated rings. The monoisotopic (exact) mass is 254 g/mol. The molecule has 6 nitrogen and oxygen atoms in total. The minimum Gasteiger partial charge on any atom is -0.381 e. The molecule has 0 bridgehead atoms. The Balaban J connectivity index is 2.61. The Morgan fingerprint density at radius 1 is 1.50 bits per heavy atom. The number of anilines is 1. The van der Waals surface area contributed by atoms with Crippen LogP contribution in [-0.4, -0.2) is 29.4 Å². The SMILES string of the molecule is CC(C)NC(=O)CNC(=O)c1ccnc(N)c1F. The van der Waals surface area contributed by atoms with Gasteiger partial charge in [-0.15, -0.1) is 0 Å². The van der Waals surface area contributed by atoms with E-state index in [0.29, 0.717) is 0 Å². The highest BCUT2D eigenvalue weighted by Gasteiger charge is 2.15. The fourth-order valence-electron chi connectivity index (χ4n) is 1.26. The number of nitrogens with one attached hydrogen (secondary N) is 2. The Labute approximate surface area is 104 Å². The van der Waals surface area contributed by atoms with Crippen molar-refractivity contribution in [1.29, 1.82) is 0 Å². The summed E-state index contributed by atoms with van der Waals surface area (Å²) < 4.78 is 13.4. The fraction of sp³-hybridized carbons (Fsp3) is 0.364. The molecule has 0 aliphatic rings. The molecule has 1 rings (SSSR count). The van der Waals surface area contributed by atoms with Gasteiger partial charge in [-0.2, -0.15) is 0 Å². The van der Waals surface area contributed by atoms with Gasteiger partial charge in [-0.3, -0.25) is 9.59 Å². The molecule has 0 aromatic carbocycles. The Morgan fingerprint density at radius 3 is 2.78 bits per heavy atom. The number of halogens is 1. The second-order valence-corrected chi connectivity index (χ2v) is 3.96. The van der Waals surface area contributed by atoms with E-state index in [1.165, 1.54) is 12.3 Å². The lowest BCUT2D eigenvalue weighted by atomic mass is 10.2. The van der Waals surface area contributed by atoms with Crippen molar-refractivity contribution < 1.29 is 14.0 Å². The lowest BCUT2D eigenvalue weighted by Crippen LogP contribution is -2.40. The summed E-state index contributed by atoms with van der Waals surface area (Å²) in [7, 11) is 0. The largest absolute Gasteiger partial charge is 0.381 e. The van der Waals surface area contributed by atoms with Crippen LogP contribution < -0.4 is 16.4 Å². The Bertz CT molecular complexity index is 462. The van der Waals surface area contributed by atoms with Crippen LogP contribution in [0, 0.1) is 5.82 Å². The van der Waals surface area contributed by atoms with Crippen LogP contribution in [0.1, 0.15) is 24.2 Å². The lowest BCUT2D eigenvalue weighted by molar-refractivity contribution is -0.120. The third-order valence-electron chi connectivity index (χ3n) is 2.02. The average Bonchev–Trinajstić information content (AvgIpc) is 2.29. The normalized spacial score (nSPS) is 10.2. The summed E-state index contributed by atoms with van der Waals surface area (Å²) in [6, 6.07) is 1.17. The molecule has 4 N–H and O–H groups in total. The second kappa shape index (κ2) is 5.95. The molecule has 0 unspecified atom stereocenters. The van der Waals surface area contributed by atoms with Gasteiger partial charge in [0.2, 0.25) is 5.91 Å². The van der Waals surface area contributed by atoms with Crippen molar-refractivity contribution in [2.45, 2.75) is 19.9 Å². The second-order valence-electron chi connectivity index (χ2n) is 3.96. The molecule has 98 valence electrons. The number of hydrogen-bond acceptors (Lipinski definition) is 4. The molecular weight excluding hydrogens is 239 g/mol. The Morgan fingerprint density at radius 2 is 2.17 bits per heavy atom. The van der Waals surface area contributed by atoms with Gasteiger partial charge in [0.15, 0.2) is 11.6 Å². The number of rotatable bonds is 4. The number of carbonyl (C=O) groups excluding carboxylic acids is 2. The van der Waals surface area contributed by atoms with Crippen LogP contribution in [0.2, 0.25) is 0 Å². The van der Waals surface area contributed by atoms with E-state index in [2.05, 4.69) is 15.6 Å². The van der Waals surface area contributed by atoms with E-state index >= 15 is 0 Å². The van der Waals surface area contributed by atoms with Crippen molar-refractivity contribution in [2.24, 2.45) is 0 Å². The number of pyridine rings is 1.